The van der Waals surface area contributed by atoms with E-state index in [4.69, 9.17) is 4.74 Å². The quantitative estimate of drug-likeness (QED) is 0.604. The summed E-state index contributed by atoms with van der Waals surface area (Å²) in [7, 11) is 0. The summed E-state index contributed by atoms with van der Waals surface area (Å²) in [6.07, 6.45) is 2.74. The number of hydrogen-bond acceptors (Lipinski definition) is 3. The summed E-state index contributed by atoms with van der Waals surface area (Å²) in [5.41, 5.74) is 1.44. The molecule has 2 aliphatic rings. The van der Waals surface area contributed by atoms with Crippen LogP contribution in [0.15, 0.2) is 24.3 Å². The second kappa shape index (κ2) is 4.48. The van der Waals surface area contributed by atoms with Crippen molar-refractivity contribution in [3.63, 3.8) is 0 Å². The molecule has 0 aromatic heterocycles. The van der Waals surface area contributed by atoms with Crippen molar-refractivity contribution in [3.05, 3.63) is 35.4 Å². The Balaban J connectivity index is 2.05. The summed E-state index contributed by atoms with van der Waals surface area (Å²) in [5.74, 6) is -0.227. The van der Waals surface area contributed by atoms with Gasteiger partial charge in [0.05, 0.1) is 6.61 Å². The van der Waals surface area contributed by atoms with E-state index in [1.165, 1.54) is 5.56 Å². The Hall–Kier alpha value is -1.64. The first kappa shape index (κ1) is 12.4. The zero-order valence-electron chi connectivity index (χ0n) is 11.1. The maximum absolute atomic E-state index is 12.6. The van der Waals surface area contributed by atoms with Gasteiger partial charge in [0.1, 0.15) is 5.41 Å². The van der Waals surface area contributed by atoms with E-state index in [-0.39, 0.29) is 17.7 Å². The van der Waals surface area contributed by atoms with Crippen molar-refractivity contribution in [1.82, 2.24) is 0 Å². The van der Waals surface area contributed by atoms with Gasteiger partial charge in [-0.05, 0) is 43.7 Å². The molecule has 0 radical (unpaired) electrons. The van der Waals surface area contributed by atoms with E-state index in [9.17, 15) is 9.59 Å². The fourth-order valence-electron chi connectivity index (χ4n) is 3.50. The van der Waals surface area contributed by atoms with Crippen LogP contribution in [0.4, 0.5) is 0 Å². The van der Waals surface area contributed by atoms with Gasteiger partial charge in [0.2, 0.25) is 0 Å². The number of carbonyl (C=O) groups excluding carboxylic acids is 2. The Morgan fingerprint density at radius 1 is 1.37 bits per heavy atom. The van der Waals surface area contributed by atoms with E-state index in [1.807, 2.05) is 18.2 Å². The predicted molar refractivity (Wildman–Crippen MR) is 70.6 cm³/mol. The molecule has 3 heteroatoms. The molecule has 0 heterocycles. The minimum Gasteiger partial charge on any atom is -0.465 e. The molecule has 2 aliphatic carbocycles. The fourth-order valence-corrected chi connectivity index (χ4v) is 3.50. The molecule has 1 aromatic carbocycles. The van der Waals surface area contributed by atoms with Crippen molar-refractivity contribution in [2.75, 3.05) is 6.61 Å². The lowest BCUT2D eigenvalue weighted by Gasteiger charge is -2.24. The number of fused-ring (bicyclic) bond motifs is 3. The molecule has 0 saturated heterocycles. The number of Topliss-reactive ketones (excluding diaryl/α,β-unsaturated/α-hetero) is 1. The first-order valence-corrected chi connectivity index (χ1v) is 6.95. The third-order valence-corrected chi connectivity index (χ3v) is 4.51. The summed E-state index contributed by atoms with van der Waals surface area (Å²) >= 11 is 0. The maximum Gasteiger partial charge on any atom is 0.319 e. The predicted octanol–water partition coefficient (Wildman–Crippen LogP) is 2.31. The standard InChI is InChI=1S/C16H18O3/c1-2-19-15(18)16-8-7-12(14(16)17)9-11-5-3-4-6-13(11)10-16/h3-6,12H,2,7-10H2,1H3. The Morgan fingerprint density at radius 3 is 2.84 bits per heavy atom. The average molecular weight is 258 g/mol. The van der Waals surface area contributed by atoms with Crippen LogP contribution in [0.1, 0.15) is 30.9 Å². The Labute approximate surface area is 113 Å². The van der Waals surface area contributed by atoms with Gasteiger partial charge in [-0.25, -0.2) is 0 Å². The molecule has 1 saturated carbocycles. The normalized spacial score (nSPS) is 28.7. The van der Waals surface area contributed by atoms with Gasteiger partial charge in [0.15, 0.2) is 5.78 Å². The summed E-state index contributed by atoms with van der Waals surface area (Å²) < 4.78 is 5.18. The van der Waals surface area contributed by atoms with E-state index in [1.54, 1.807) is 6.92 Å². The van der Waals surface area contributed by atoms with Crippen molar-refractivity contribution < 1.29 is 14.3 Å². The van der Waals surface area contributed by atoms with Crippen LogP contribution in [-0.2, 0) is 27.2 Å². The van der Waals surface area contributed by atoms with Gasteiger partial charge < -0.3 is 4.74 Å². The molecule has 0 N–H and O–H groups in total. The van der Waals surface area contributed by atoms with Gasteiger partial charge >= 0.3 is 5.97 Å². The Morgan fingerprint density at radius 2 is 2.11 bits per heavy atom. The zero-order valence-corrected chi connectivity index (χ0v) is 11.1. The maximum atomic E-state index is 12.6. The van der Waals surface area contributed by atoms with Crippen LogP contribution in [0, 0.1) is 11.3 Å². The molecule has 2 atom stereocenters. The van der Waals surface area contributed by atoms with Crippen LogP contribution in [0.5, 0.6) is 0 Å². The van der Waals surface area contributed by atoms with Crippen LogP contribution in [0.3, 0.4) is 0 Å². The second-order valence-corrected chi connectivity index (χ2v) is 5.55. The number of ether oxygens (including phenoxy) is 1. The topological polar surface area (TPSA) is 43.4 Å². The average Bonchev–Trinajstić information content (AvgIpc) is 2.63. The fraction of sp³-hybridized carbons (Fsp3) is 0.500. The van der Waals surface area contributed by atoms with Gasteiger partial charge in [-0.3, -0.25) is 9.59 Å². The summed E-state index contributed by atoms with van der Waals surface area (Å²) in [6, 6.07) is 8.08. The molecule has 3 nitrogen and oxygen atoms in total. The van der Waals surface area contributed by atoms with E-state index >= 15 is 0 Å². The monoisotopic (exact) mass is 258 g/mol. The number of carbonyl (C=O) groups is 2. The number of ketones is 1. The van der Waals surface area contributed by atoms with E-state index in [0.29, 0.717) is 19.4 Å². The first-order chi connectivity index (χ1) is 9.17. The first-order valence-electron chi connectivity index (χ1n) is 6.95. The number of esters is 1. The molecule has 2 bridgehead atoms. The molecule has 0 amide bonds. The van der Waals surface area contributed by atoms with Gasteiger partial charge in [-0.15, -0.1) is 0 Å². The molecule has 0 spiro atoms. The number of benzene rings is 1. The van der Waals surface area contributed by atoms with Gasteiger partial charge in [-0.1, -0.05) is 24.3 Å². The molecule has 0 aliphatic heterocycles. The van der Waals surface area contributed by atoms with Crippen LogP contribution in [0.25, 0.3) is 0 Å². The molecular weight excluding hydrogens is 240 g/mol. The highest BCUT2D eigenvalue weighted by atomic mass is 16.5. The number of hydrogen-bond donors (Lipinski definition) is 0. The van der Waals surface area contributed by atoms with Crippen LogP contribution >= 0.6 is 0 Å². The van der Waals surface area contributed by atoms with Gasteiger partial charge in [-0.2, -0.15) is 0 Å². The van der Waals surface area contributed by atoms with Crippen molar-refractivity contribution in [2.45, 2.75) is 32.6 Å². The van der Waals surface area contributed by atoms with Crippen LogP contribution in [-0.4, -0.2) is 18.4 Å². The van der Waals surface area contributed by atoms with Crippen molar-refractivity contribution in [1.29, 1.82) is 0 Å². The third-order valence-electron chi connectivity index (χ3n) is 4.51. The highest BCUT2D eigenvalue weighted by Gasteiger charge is 2.55. The zero-order chi connectivity index (χ0) is 13.5. The SMILES string of the molecule is CCOC(=O)C12CCC(Cc3ccccc3C1)C2=O. The highest BCUT2D eigenvalue weighted by molar-refractivity contribution is 6.07. The highest BCUT2D eigenvalue weighted by Crippen LogP contribution is 2.46. The van der Waals surface area contributed by atoms with Gasteiger partial charge in [0.25, 0.3) is 0 Å². The lowest BCUT2D eigenvalue weighted by molar-refractivity contribution is -0.159. The molecular formula is C16H18O3. The second-order valence-electron chi connectivity index (χ2n) is 5.55. The smallest absolute Gasteiger partial charge is 0.319 e. The van der Waals surface area contributed by atoms with Crippen LogP contribution in [0.2, 0.25) is 0 Å². The van der Waals surface area contributed by atoms with Gasteiger partial charge in [0, 0.05) is 5.92 Å². The Bertz CT molecular complexity index is 535. The summed E-state index contributed by atoms with van der Waals surface area (Å²) in [4.78, 5) is 24.9. The Kier molecular flexibility index (Phi) is 2.92. The lowest BCUT2D eigenvalue weighted by Crippen LogP contribution is -2.39. The molecule has 19 heavy (non-hydrogen) atoms. The summed E-state index contributed by atoms with van der Waals surface area (Å²) in [6.45, 7) is 2.12. The molecule has 3 rings (SSSR count). The molecule has 1 fully saturated rings. The lowest BCUT2D eigenvalue weighted by atomic mass is 9.79. The van der Waals surface area contributed by atoms with E-state index in [2.05, 4.69) is 6.07 Å². The number of rotatable bonds is 2. The van der Waals surface area contributed by atoms with E-state index < -0.39 is 5.41 Å². The molecule has 1 aromatic rings. The molecule has 100 valence electrons. The van der Waals surface area contributed by atoms with E-state index in [0.717, 1.165) is 18.4 Å². The minimum absolute atomic E-state index is 0.00643. The minimum atomic E-state index is -0.909. The molecule has 2 unspecified atom stereocenters. The van der Waals surface area contributed by atoms with Crippen molar-refractivity contribution >= 4 is 11.8 Å². The summed E-state index contributed by atoms with van der Waals surface area (Å²) in [5, 5.41) is 0. The largest absolute Gasteiger partial charge is 0.465 e. The van der Waals surface area contributed by atoms with Crippen molar-refractivity contribution in [3.8, 4) is 0 Å². The van der Waals surface area contributed by atoms with Crippen molar-refractivity contribution in [2.24, 2.45) is 11.3 Å². The third kappa shape index (κ3) is 1.79. The van der Waals surface area contributed by atoms with Crippen LogP contribution < -0.4 is 0 Å².